The molecule has 0 aromatic rings. The molecule has 0 spiro atoms. The van der Waals surface area contributed by atoms with Gasteiger partial charge in [0.1, 0.15) is 0 Å². The standard InChI is InChI=1S/C14H24N2O/c15-12-3-1-2-4-13(12)16-14(17)11-8-9-5-6-10(11)7-9/h9-13H,1-8,15H2,(H,16,17)/t9-,10-,11+,12+,13+/m0/s1. The van der Waals surface area contributed by atoms with Gasteiger partial charge in [0, 0.05) is 18.0 Å². The number of nitrogens with two attached hydrogens (primary N) is 1. The largest absolute Gasteiger partial charge is 0.352 e. The molecule has 0 aliphatic heterocycles. The lowest BCUT2D eigenvalue weighted by Gasteiger charge is -2.31. The van der Waals surface area contributed by atoms with Crippen LogP contribution in [0.4, 0.5) is 0 Å². The molecule has 3 saturated carbocycles. The van der Waals surface area contributed by atoms with Crippen LogP contribution in [0.1, 0.15) is 51.4 Å². The molecule has 1 amide bonds. The van der Waals surface area contributed by atoms with Gasteiger partial charge in [-0.1, -0.05) is 19.3 Å². The third-order valence-electron chi connectivity index (χ3n) is 5.22. The lowest BCUT2D eigenvalue weighted by atomic mass is 9.86. The molecule has 3 aliphatic rings. The Labute approximate surface area is 104 Å². The molecule has 0 unspecified atom stereocenters. The fourth-order valence-electron chi connectivity index (χ4n) is 4.19. The molecule has 3 aliphatic carbocycles. The first-order valence-corrected chi connectivity index (χ1v) is 7.30. The van der Waals surface area contributed by atoms with Crippen LogP contribution in [0.5, 0.6) is 0 Å². The summed E-state index contributed by atoms with van der Waals surface area (Å²) >= 11 is 0. The number of nitrogens with one attached hydrogen (secondary N) is 1. The Bertz CT molecular complexity index is 305. The summed E-state index contributed by atoms with van der Waals surface area (Å²) in [7, 11) is 0. The smallest absolute Gasteiger partial charge is 0.223 e. The molecular formula is C14H24N2O. The molecule has 0 aromatic carbocycles. The van der Waals surface area contributed by atoms with Crippen molar-refractivity contribution in [1.82, 2.24) is 5.32 Å². The van der Waals surface area contributed by atoms with Crippen LogP contribution < -0.4 is 11.1 Å². The second kappa shape index (κ2) is 4.60. The average molecular weight is 236 g/mol. The van der Waals surface area contributed by atoms with E-state index < -0.39 is 0 Å². The SMILES string of the molecule is N[C@@H]1CCCC[C@H]1NC(=O)[C@@H]1C[C@H]2CC[C@H]1C2. The van der Waals surface area contributed by atoms with Crippen molar-refractivity contribution in [3.63, 3.8) is 0 Å². The first-order chi connectivity index (χ1) is 8.24. The van der Waals surface area contributed by atoms with Gasteiger partial charge in [-0.25, -0.2) is 0 Å². The van der Waals surface area contributed by atoms with Crippen LogP contribution in [0.3, 0.4) is 0 Å². The van der Waals surface area contributed by atoms with Crippen molar-refractivity contribution < 1.29 is 4.79 Å². The molecule has 0 aromatic heterocycles. The van der Waals surface area contributed by atoms with Crippen LogP contribution in [0.2, 0.25) is 0 Å². The number of carbonyl (C=O) groups excluding carboxylic acids is 1. The van der Waals surface area contributed by atoms with Crippen LogP contribution >= 0.6 is 0 Å². The van der Waals surface area contributed by atoms with Crippen molar-refractivity contribution in [3.8, 4) is 0 Å². The van der Waals surface area contributed by atoms with E-state index in [0.717, 1.165) is 25.2 Å². The molecule has 3 heteroatoms. The molecule has 3 rings (SSSR count). The monoisotopic (exact) mass is 236 g/mol. The van der Waals surface area contributed by atoms with E-state index in [9.17, 15) is 4.79 Å². The minimum absolute atomic E-state index is 0.186. The number of fused-ring (bicyclic) bond motifs is 2. The average Bonchev–Trinajstić information content (AvgIpc) is 2.94. The summed E-state index contributed by atoms with van der Waals surface area (Å²) in [4.78, 5) is 12.3. The number of amides is 1. The van der Waals surface area contributed by atoms with Crippen LogP contribution in [0.25, 0.3) is 0 Å². The van der Waals surface area contributed by atoms with E-state index in [0.29, 0.717) is 17.7 Å². The van der Waals surface area contributed by atoms with Crippen LogP contribution in [-0.4, -0.2) is 18.0 Å². The Morgan fingerprint density at radius 1 is 1.06 bits per heavy atom. The molecular weight excluding hydrogens is 212 g/mol. The molecule has 0 saturated heterocycles. The highest BCUT2D eigenvalue weighted by atomic mass is 16.2. The second-order valence-electron chi connectivity index (χ2n) is 6.34. The van der Waals surface area contributed by atoms with Gasteiger partial charge in [0.05, 0.1) is 0 Å². The normalized spacial score (nSPS) is 44.9. The molecule has 17 heavy (non-hydrogen) atoms. The number of hydrogen-bond acceptors (Lipinski definition) is 2. The second-order valence-corrected chi connectivity index (χ2v) is 6.34. The van der Waals surface area contributed by atoms with Crippen molar-refractivity contribution in [2.75, 3.05) is 0 Å². The first kappa shape index (κ1) is 11.5. The van der Waals surface area contributed by atoms with Crippen molar-refractivity contribution in [1.29, 1.82) is 0 Å². The van der Waals surface area contributed by atoms with Gasteiger partial charge in [-0.05, 0) is 43.9 Å². The van der Waals surface area contributed by atoms with E-state index in [1.54, 1.807) is 0 Å². The van der Waals surface area contributed by atoms with Gasteiger partial charge in [-0.2, -0.15) is 0 Å². The van der Waals surface area contributed by atoms with E-state index in [4.69, 9.17) is 5.73 Å². The van der Waals surface area contributed by atoms with Crippen LogP contribution in [0.15, 0.2) is 0 Å². The van der Waals surface area contributed by atoms with Gasteiger partial charge >= 0.3 is 0 Å². The van der Waals surface area contributed by atoms with Crippen LogP contribution in [-0.2, 0) is 4.79 Å². The van der Waals surface area contributed by atoms with Crippen molar-refractivity contribution in [2.45, 2.75) is 63.5 Å². The van der Waals surface area contributed by atoms with E-state index in [1.165, 1.54) is 32.1 Å². The van der Waals surface area contributed by atoms with Crippen molar-refractivity contribution in [3.05, 3.63) is 0 Å². The Morgan fingerprint density at radius 2 is 1.88 bits per heavy atom. The molecule has 2 bridgehead atoms. The summed E-state index contributed by atoms with van der Waals surface area (Å²) in [6.45, 7) is 0. The maximum absolute atomic E-state index is 12.3. The predicted octanol–water partition coefficient (Wildman–Crippen LogP) is 1.81. The third-order valence-corrected chi connectivity index (χ3v) is 5.22. The highest BCUT2D eigenvalue weighted by molar-refractivity contribution is 5.79. The van der Waals surface area contributed by atoms with E-state index >= 15 is 0 Å². The molecule has 96 valence electrons. The molecule has 3 N–H and O–H groups in total. The highest BCUT2D eigenvalue weighted by Crippen LogP contribution is 2.48. The van der Waals surface area contributed by atoms with Crippen molar-refractivity contribution in [2.24, 2.45) is 23.5 Å². The van der Waals surface area contributed by atoms with E-state index in [2.05, 4.69) is 5.32 Å². The quantitative estimate of drug-likeness (QED) is 0.768. The number of rotatable bonds is 2. The zero-order chi connectivity index (χ0) is 11.8. The van der Waals surface area contributed by atoms with Gasteiger partial charge < -0.3 is 11.1 Å². The Morgan fingerprint density at radius 3 is 2.53 bits per heavy atom. The lowest BCUT2D eigenvalue weighted by molar-refractivity contribution is -0.127. The summed E-state index contributed by atoms with van der Waals surface area (Å²) < 4.78 is 0. The van der Waals surface area contributed by atoms with Gasteiger partial charge in [0.25, 0.3) is 0 Å². The summed E-state index contributed by atoms with van der Waals surface area (Å²) in [6.07, 6.45) is 9.66. The Hall–Kier alpha value is -0.570. The number of carbonyl (C=O) groups is 1. The Balaban J connectivity index is 1.56. The molecule has 0 heterocycles. The molecule has 3 nitrogen and oxygen atoms in total. The van der Waals surface area contributed by atoms with Gasteiger partial charge in [-0.15, -0.1) is 0 Å². The predicted molar refractivity (Wildman–Crippen MR) is 67.3 cm³/mol. The van der Waals surface area contributed by atoms with Crippen LogP contribution in [0, 0.1) is 17.8 Å². The summed E-state index contributed by atoms with van der Waals surface area (Å²) in [5.74, 6) is 2.14. The van der Waals surface area contributed by atoms with Crippen molar-refractivity contribution >= 4 is 5.91 Å². The summed E-state index contributed by atoms with van der Waals surface area (Å²) in [5, 5.41) is 3.23. The third kappa shape index (κ3) is 2.22. The molecule has 0 radical (unpaired) electrons. The molecule has 3 fully saturated rings. The maximum atomic E-state index is 12.3. The van der Waals surface area contributed by atoms with Gasteiger partial charge in [-0.3, -0.25) is 4.79 Å². The zero-order valence-electron chi connectivity index (χ0n) is 10.5. The van der Waals surface area contributed by atoms with Gasteiger partial charge in [0.2, 0.25) is 5.91 Å². The lowest BCUT2D eigenvalue weighted by Crippen LogP contribution is -2.51. The Kier molecular flexibility index (Phi) is 3.12. The highest BCUT2D eigenvalue weighted by Gasteiger charge is 2.43. The zero-order valence-corrected chi connectivity index (χ0v) is 10.5. The van der Waals surface area contributed by atoms with Gasteiger partial charge in [0.15, 0.2) is 0 Å². The maximum Gasteiger partial charge on any atom is 0.223 e. The fraction of sp³-hybridized carbons (Fsp3) is 0.929. The number of hydrogen-bond donors (Lipinski definition) is 2. The topological polar surface area (TPSA) is 55.1 Å². The first-order valence-electron chi connectivity index (χ1n) is 7.30. The fourth-order valence-corrected chi connectivity index (χ4v) is 4.19. The summed E-state index contributed by atoms with van der Waals surface area (Å²) in [5.41, 5.74) is 6.09. The molecule has 5 atom stereocenters. The van der Waals surface area contributed by atoms with E-state index in [1.807, 2.05) is 0 Å². The summed E-state index contributed by atoms with van der Waals surface area (Å²) in [6, 6.07) is 0.432. The van der Waals surface area contributed by atoms with E-state index in [-0.39, 0.29) is 12.1 Å². The minimum atomic E-state index is 0.186. The minimum Gasteiger partial charge on any atom is -0.352 e.